The molecule has 0 saturated carbocycles. The maximum Gasteiger partial charge on any atom is 0.210 e. The Kier molecular flexibility index (Phi) is 3.00. The Hall–Kier alpha value is -1.15. The first-order valence-corrected chi connectivity index (χ1v) is 4.53. The maximum absolute atomic E-state index is 5.66. The fourth-order valence-electron chi connectivity index (χ4n) is 0.753. The molecule has 1 aromatic rings. The summed E-state index contributed by atoms with van der Waals surface area (Å²) >= 11 is 1.41. The number of nitrogens with zero attached hydrogens (tertiary/aromatic N) is 3. The van der Waals surface area contributed by atoms with Crippen molar-refractivity contribution in [2.24, 2.45) is 0 Å². The molecule has 2 N–H and O–H groups in total. The SMILES string of the molecule is C#CCSc1nnc(CC)n1N. The van der Waals surface area contributed by atoms with Crippen LogP contribution in [0.25, 0.3) is 0 Å². The van der Waals surface area contributed by atoms with E-state index in [2.05, 4.69) is 16.1 Å². The number of terminal acetylenes is 1. The van der Waals surface area contributed by atoms with E-state index in [1.165, 1.54) is 16.4 Å². The van der Waals surface area contributed by atoms with E-state index >= 15 is 0 Å². The fraction of sp³-hybridized carbons (Fsp3) is 0.429. The van der Waals surface area contributed by atoms with Gasteiger partial charge >= 0.3 is 0 Å². The average molecular weight is 182 g/mol. The Labute approximate surface area is 75.5 Å². The van der Waals surface area contributed by atoms with E-state index < -0.39 is 0 Å². The van der Waals surface area contributed by atoms with Gasteiger partial charge in [-0.15, -0.1) is 16.6 Å². The lowest BCUT2D eigenvalue weighted by molar-refractivity contribution is 0.797. The standard InChI is InChI=1S/C7H10N4S/c1-3-5-12-7-10-9-6(4-2)11(7)8/h1H,4-5,8H2,2H3. The van der Waals surface area contributed by atoms with Crippen molar-refractivity contribution in [2.45, 2.75) is 18.5 Å². The lowest BCUT2D eigenvalue weighted by atomic mass is 10.5. The van der Waals surface area contributed by atoms with Gasteiger partial charge in [-0.05, 0) is 0 Å². The van der Waals surface area contributed by atoms with Gasteiger partial charge in [0.15, 0.2) is 5.82 Å². The Balaban J connectivity index is 2.74. The molecule has 64 valence electrons. The van der Waals surface area contributed by atoms with Crippen LogP contribution in [0.15, 0.2) is 5.16 Å². The second-order valence-corrected chi connectivity index (χ2v) is 3.06. The number of hydrogen-bond donors (Lipinski definition) is 1. The molecule has 1 rings (SSSR count). The first-order chi connectivity index (χ1) is 5.79. The van der Waals surface area contributed by atoms with Crippen molar-refractivity contribution in [2.75, 3.05) is 11.6 Å². The monoisotopic (exact) mass is 182 g/mol. The van der Waals surface area contributed by atoms with Gasteiger partial charge in [0.25, 0.3) is 0 Å². The van der Waals surface area contributed by atoms with Gasteiger partial charge in [-0.25, -0.2) is 4.68 Å². The van der Waals surface area contributed by atoms with Gasteiger partial charge in [-0.1, -0.05) is 24.6 Å². The molecule has 0 aliphatic heterocycles. The highest BCUT2D eigenvalue weighted by Gasteiger charge is 2.06. The third kappa shape index (κ3) is 1.71. The molecule has 0 bridgehead atoms. The lowest BCUT2D eigenvalue weighted by Gasteiger charge is -1.98. The van der Waals surface area contributed by atoms with Crippen LogP contribution in [0.5, 0.6) is 0 Å². The normalized spacial score (nSPS) is 9.67. The van der Waals surface area contributed by atoms with E-state index in [-0.39, 0.29) is 0 Å². The number of nitrogen functional groups attached to an aromatic ring is 1. The third-order valence-electron chi connectivity index (χ3n) is 1.34. The van der Waals surface area contributed by atoms with Crippen LogP contribution in [0, 0.1) is 12.3 Å². The van der Waals surface area contributed by atoms with Crippen LogP contribution in [0.1, 0.15) is 12.7 Å². The minimum Gasteiger partial charge on any atom is -0.336 e. The molecule has 0 radical (unpaired) electrons. The van der Waals surface area contributed by atoms with Gasteiger partial charge in [-0.2, -0.15) is 0 Å². The van der Waals surface area contributed by atoms with Crippen molar-refractivity contribution in [3.63, 3.8) is 0 Å². The van der Waals surface area contributed by atoms with Crippen LogP contribution in [-0.4, -0.2) is 20.6 Å². The summed E-state index contributed by atoms with van der Waals surface area (Å²) in [6.07, 6.45) is 5.87. The Bertz CT molecular complexity index is 299. The minimum atomic E-state index is 0.568. The molecule has 0 saturated heterocycles. The molecule has 0 amide bonds. The van der Waals surface area contributed by atoms with E-state index in [4.69, 9.17) is 12.3 Å². The maximum atomic E-state index is 5.66. The van der Waals surface area contributed by atoms with Crippen molar-refractivity contribution >= 4 is 11.8 Å². The zero-order valence-corrected chi connectivity index (χ0v) is 7.64. The molecule has 0 aliphatic rings. The molecular weight excluding hydrogens is 172 g/mol. The number of aryl methyl sites for hydroxylation is 1. The van der Waals surface area contributed by atoms with Gasteiger partial charge in [0.05, 0.1) is 5.75 Å². The molecular formula is C7H10N4S. The highest BCUT2D eigenvalue weighted by molar-refractivity contribution is 7.99. The van der Waals surface area contributed by atoms with Crippen molar-refractivity contribution < 1.29 is 0 Å². The zero-order valence-electron chi connectivity index (χ0n) is 6.82. The van der Waals surface area contributed by atoms with E-state index in [1.807, 2.05) is 6.92 Å². The van der Waals surface area contributed by atoms with Gasteiger partial charge < -0.3 is 5.84 Å². The summed E-state index contributed by atoms with van der Waals surface area (Å²) in [5.41, 5.74) is 0. The van der Waals surface area contributed by atoms with Crippen LogP contribution < -0.4 is 5.84 Å². The second-order valence-electron chi connectivity index (χ2n) is 2.12. The van der Waals surface area contributed by atoms with Gasteiger partial charge in [-0.3, -0.25) is 0 Å². The fourth-order valence-corrected chi connectivity index (χ4v) is 1.31. The summed E-state index contributed by atoms with van der Waals surface area (Å²) in [6.45, 7) is 1.98. The topological polar surface area (TPSA) is 56.7 Å². The van der Waals surface area contributed by atoms with E-state index in [0.717, 1.165) is 12.2 Å². The molecule has 0 aromatic carbocycles. The van der Waals surface area contributed by atoms with Gasteiger partial charge in [0.1, 0.15) is 0 Å². The van der Waals surface area contributed by atoms with Gasteiger partial charge in [0, 0.05) is 6.42 Å². The summed E-state index contributed by atoms with van der Waals surface area (Å²) in [5, 5.41) is 8.44. The summed E-state index contributed by atoms with van der Waals surface area (Å²) in [5.74, 6) is 9.50. The first kappa shape index (κ1) is 8.94. The van der Waals surface area contributed by atoms with Gasteiger partial charge in [0.2, 0.25) is 5.16 Å². The van der Waals surface area contributed by atoms with Crippen molar-refractivity contribution in [1.82, 2.24) is 14.9 Å². The number of rotatable bonds is 3. The molecule has 0 atom stereocenters. The molecule has 5 heteroatoms. The Morgan fingerprint density at radius 3 is 2.92 bits per heavy atom. The average Bonchev–Trinajstić information content (AvgIpc) is 2.43. The predicted molar refractivity (Wildman–Crippen MR) is 49.1 cm³/mol. The summed E-state index contributed by atoms with van der Waals surface area (Å²) < 4.78 is 1.47. The molecule has 0 aliphatic carbocycles. The van der Waals surface area contributed by atoms with Crippen LogP contribution >= 0.6 is 11.8 Å². The molecule has 0 unspecified atom stereocenters. The van der Waals surface area contributed by atoms with Crippen LogP contribution in [-0.2, 0) is 6.42 Å². The number of thioether (sulfide) groups is 1. The molecule has 4 nitrogen and oxygen atoms in total. The predicted octanol–water partition coefficient (Wildman–Crippen LogP) is 0.280. The quantitative estimate of drug-likeness (QED) is 0.414. The van der Waals surface area contributed by atoms with E-state index in [9.17, 15) is 0 Å². The number of hydrogen-bond acceptors (Lipinski definition) is 4. The van der Waals surface area contributed by atoms with Crippen molar-refractivity contribution in [1.29, 1.82) is 0 Å². The molecule has 1 heterocycles. The van der Waals surface area contributed by atoms with Crippen LogP contribution in [0.4, 0.5) is 0 Å². The van der Waals surface area contributed by atoms with E-state index in [1.54, 1.807) is 0 Å². The van der Waals surface area contributed by atoms with Crippen LogP contribution in [0.3, 0.4) is 0 Å². The highest BCUT2D eigenvalue weighted by atomic mass is 32.2. The van der Waals surface area contributed by atoms with Crippen molar-refractivity contribution in [3.05, 3.63) is 5.82 Å². The van der Waals surface area contributed by atoms with Crippen molar-refractivity contribution in [3.8, 4) is 12.3 Å². The smallest absolute Gasteiger partial charge is 0.210 e. The molecule has 12 heavy (non-hydrogen) atoms. The van der Waals surface area contributed by atoms with E-state index in [0.29, 0.717) is 10.9 Å². The second kappa shape index (κ2) is 4.02. The zero-order chi connectivity index (χ0) is 8.97. The minimum absolute atomic E-state index is 0.568. The van der Waals surface area contributed by atoms with Crippen LogP contribution in [0.2, 0.25) is 0 Å². The number of nitrogens with two attached hydrogens (primary N) is 1. The Morgan fingerprint density at radius 2 is 2.42 bits per heavy atom. The summed E-state index contributed by atoms with van der Waals surface area (Å²) in [7, 11) is 0. The number of aromatic nitrogens is 3. The highest BCUT2D eigenvalue weighted by Crippen LogP contribution is 2.13. The third-order valence-corrected chi connectivity index (χ3v) is 2.18. The molecule has 0 spiro atoms. The Morgan fingerprint density at radius 1 is 1.67 bits per heavy atom. The lowest BCUT2D eigenvalue weighted by Crippen LogP contribution is -2.13. The summed E-state index contributed by atoms with van der Waals surface area (Å²) in [6, 6.07) is 0. The first-order valence-electron chi connectivity index (χ1n) is 3.55. The molecule has 0 fully saturated rings. The summed E-state index contributed by atoms with van der Waals surface area (Å²) in [4.78, 5) is 0. The molecule has 1 aromatic heterocycles. The largest absolute Gasteiger partial charge is 0.336 e.